The minimum atomic E-state index is -0.494. The predicted molar refractivity (Wildman–Crippen MR) is 87.0 cm³/mol. The average molecular weight is 319 g/mol. The number of carbonyl (C=O) groups excluding carboxylic acids is 1. The third-order valence-corrected chi connectivity index (χ3v) is 3.53. The van der Waals surface area contributed by atoms with E-state index in [2.05, 4.69) is 24.4 Å². The Hall–Kier alpha value is -2.20. The Bertz CT molecular complexity index is 676. The molecule has 0 radical (unpaired) electrons. The van der Waals surface area contributed by atoms with E-state index in [-0.39, 0.29) is 16.5 Å². The predicted octanol–water partition coefficient (Wildman–Crippen LogP) is 4.37. The number of hydrogen-bond acceptors (Lipinski definition) is 2. The second kappa shape index (κ2) is 7.18. The summed E-state index contributed by atoms with van der Waals surface area (Å²) in [5.41, 5.74) is 4.13. The van der Waals surface area contributed by atoms with E-state index in [1.165, 1.54) is 18.3 Å². The van der Waals surface area contributed by atoms with E-state index in [1.54, 1.807) is 18.2 Å². The van der Waals surface area contributed by atoms with E-state index in [0.29, 0.717) is 11.5 Å². The summed E-state index contributed by atoms with van der Waals surface area (Å²) in [6.07, 6.45) is 1.19. The molecular weight excluding hydrogens is 303 g/mol. The lowest BCUT2D eigenvalue weighted by molar-refractivity contribution is 0.0955. The minimum Gasteiger partial charge on any atom is -0.267 e. The van der Waals surface area contributed by atoms with Gasteiger partial charge in [0.25, 0.3) is 5.91 Å². The monoisotopic (exact) mass is 318 g/mol. The molecule has 0 aliphatic heterocycles. The maximum Gasteiger partial charge on any atom is 0.271 e. The summed E-state index contributed by atoms with van der Waals surface area (Å²) in [6, 6.07) is 11.6. The Kier molecular flexibility index (Phi) is 5.28. The van der Waals surface area contributed by atoms with Gasteiger partial charge in [-0.3, -0.25) is 4.79 Å². The second-order valence-corrected chi connectivity index (χ2v) is 5.52. The number of halogens is 2. The van der Waals surface area contributed by atoms with Crippen LogP contribution in [-0.2, 0) is 0 Å². The summed E-state index contributed by atoms with van der Waals surface area (Å²) in [7, 11) is 0. The van der Waals surface area contributed by atoms with Crippen LogP contribution in [0.1, 0.15) is 41.3 Å². The maximum absolute atomic E-state index is 13.5. The van der Waals surface area contributed by atoms with E-state index in [1.807, 2.05) is 12.1 Å². The van der Waals surface area contributed by atoms with E-state index in [9.17, 15) is 9.18 Å². The van der Waals surface area contributed by atoms with Crippen molar-refractivity contribution in [2.75, 3.05) is 0 Å². The van der Waals surface area contributed by atoms with Gasteiger partial charge in [0.15, 0.2) is 0 Å². The fraction of sp³-hybridized carbons (Fsp3) is 0.176. The quantitative estimate of drug-likeness (QED) is 0.660. The van der Waals surface area contributed by atoms with Crippen LogP contribution in [0.5, 0.6) is 0 Å². The summed E-state index contributed by atoms with van der Waals surface area (Å²) in [5.74, 6) is -0.455. The number of nitrogens with one attached hydrogen (secondary N) is 1. The molecule has 1 amide bonds. The first-order chi connectivity index (χ1) is 10.5. The third kappa shape index (κ3) is 3.92. The molecule has 0 heterocycles. The first-order valence-corrected chi connectivity index (χ1v) is 7.24. The molecule has 22 heavy (non-hydrogen) atoms. The van der Waals surface area contributed by atoms with Crippen molar-refractivity contribution in [1.82, 2.24) is 5.43 Å². The molecule has 0 aliphatic rings. The normalized spacial score (nSPS) is 11.1. The van der Waals surface area contributed by atoms with Crippen molar-refractivity contribution in [2.45, 2.75) is 19.8 Å². The highest BCUT2D eigenvalue weighted by Crippen LogP contribution is 2.17. The molecular formula is C17H16ClFN2O. The highest BCUT2D eigenvalue weighted by Gasteiger charge is 2.06. The van der Waals surface area contributed by atoms with Gasteiger partial charge in [-0.25, -0.2) is 9.82 Å². The van der Waals surface area contributed by atoms with Gasteiger partial charge in [0.2, 0.25) is 0 Å². The summed E-state index contributed by atoms with van der Waals surface area (Å²) >= 11 is 5.86. The molecule has 114 valence electrons. The third-order valence-electron chi connectivity index (χ3n) is 3.20. The molecule has 0 saturated carbocycles. The molecule has 0 unspecified atom stereocenters. The van der Waals surface area contributed by atoms with E-state index >= 15 is 0 Å². The van der Waals surface area contributed by atoms with E-state index < -0.39 is 5.82 Å². The fourth-order valence-electron chi connectivity index (χ4n) is 1.87. The first-order valence-electron chi connectivity index (χ1n) is 6.86. The smallest absolute Gasteiger partial charge is 0.267 e. The van der Waals surface area contributed by atoms with Gasteiger partial charge in [-0.1, -0.05) is 43.6 Å². The summed E-state index contributed by atoms with van der Waals surface area (Å²) in [4.78, 5) is 11.9. The summed E-state index contributed by atoms with van der Waals surface area (Å²) < 4.78 is 13.5. The van der Waals surface area contributed by atoms with Crippen molar-refractivity contribution in [3.05, 3.63) is 70.0 Å². The van der Waals surface area contributed by atoms with Crippen LogP contribution in [-0.4, -0.2) is 12.1 Å². The molecule has 0 spiro atoms. The minimum absolute atomic E-state index is 0.139. The molecule has 1 N–H and O–H groups in total. The van der Waals surface area contributed by atoms with E-state index in [0.717, 1.165) is 5.56 Å². The molecule has 0 fully saturated rings. The standard InChI is InChI=1S/C17H16ClFN2O/c1-11(2)12-6-8-13(9-7-12)17(22)21-20-10-14-15(18)4-3-5-16(14)19/h3-11H,1-2H3,(H,21,22). The number of amides is 1. The highest BCUT2D eigenvalue weighted by molar-refractivity contribution is 6.33. The lowest BCUT2D eigenvalue weighted by Gasteiger charge is -2.06. The van der Waals surface area contributed by atoms with Crippen molar-refractivity contribution in [2.24, 2.45) is 5.10 Å². The molecule has 0 bridgehead atoms. The van der Waals surface area contributed by atoms with Crippen molar-refractivity contribution >= 4 is 23.7 Å². The molecule has 0 atom stereocenters. The van der Waals surface area contributed by atoms with Gasteiger partial charge in [0, 0.05) is 11.1 Å². The van der Waals surface area contributed by atoms with Gasteiger partial charge in [-0.05, 0) is 35.7 Å². The van der Waals surface area contributed by atoms with E-state index in [4.69, 9.17) is 11.6 Å². The number of hydrazone groups is 1. The zero-order chi connectivity index (χ0) is 16.1. The molecule has 0 saturated heterocycles. The zero-order valence-corrected chi connectivity index (χ0v) is 13.1. The Labute approximate surface area is 133 Å². The van der Waals surface area contributed by atoms with Gasteiger partial charge in [0.05, 0.1) is 11.2 Å². The Balaban J connectivity index is 2.05. The van der Waals surface area contributed by atoms with Gasteiger partial charge < -0.3 is 0 Å². The number of rotatable bonds is 4. The molecule has 2 rings (SSSR count). The van der Waals surface area contributed by atoms with Crippen LogP contribution in [0.15, 0.2) is 47.6 Å². The van der Waals surface area contributed by atoms with Crippen molar-refractivity contribution < 1.29 is 9.18 Å². The van der Waals surface area contributed by atoms with Gasteiger partial charge >= 0.3 is 0 Å². The maximum atomic E-state index is 13.5. The SMILES string of the molecule is CC(C)c1ccc(C(=O)NN=Cc2c(F)cccc2Cl)cc1. The molecule has 3 nitrogen and oxygen atoms in total. The molecule has 5 heteroatoms. The van der Waals surface area contributed by atoms with Crippen LogP contribution in [0, 0.1) is 5.82 Å². The molecule has 0 aromatic heterocycles. The number of benzene rings is 2. The summed E-state index contributed by atoms with van der Waals surface area (Å²) in [6.45, 7) is 4.16. The number of carbonyl (C=O) groups is 1. The van der Waals surface area contributed by atoms with Crippen LogP contribution in [0.4, 0.5) is 4.39 Å². The Morgan fingerprint density at radius 1 is 1.23 bits per heavy atom. The Morgan fingerprint density at radius 2 is 1.91 bits per heavy atom. The van der Waals surface area contributed by atoms with Crippen LogP contribution in [0.2, 0.25) is 5.02 Å². The van der Waals surface area contributed by atoms with Gasteiger partial charge in [0.1, 0.15) is 5.82 Å². The number of hydrogen-bond donors (Lipinski definition) is 1. The van der Waals surface area contributed by atoms with Gasteiger partial charge in [-0.2, -0.15) is 5.10 Å². The highest BCUT2D eigenvalue weighted by atomic mass is 35.5. The Morgan fingerprint density at radius 3 is 2.50 bits per heavy atom. The first kappa shape index (κ1) is 16.2. The lowest BCUT2D eigenvalue weighted by atomic mass is 10.0. The van der Waals surface area contributed by atoms with Crippen molar-refractivity contribution in [3.63, 3.8) is 0 Å². The van der Waals surface area contributed by atoms with Crippen LogP contribution in [0.25, 0.3) is 0 Å². The molecule has 0 aliphatic carbocycles. The topological polar surface area (TPSA) is 41.5 Å². The van der Waals surface area contributed by atoms with Crippen molar-refractivity contribution in [1.29, 1.82) is 0 Å². The lowest BCUT2D eigenvalue weighted by Crippen LogP contribution is -2.17. The molecule has 2 aromatic carbocycles. The average Bonchev–Trinajstić information content (AvgIpc) is 2.50. The van der Waals surface area contributed by atoms with Crippen molar-refractivity contribution in [3.8, 4) is 0 Å². The summed E-state index contributed by atoms with van der Waals surface area (Å²) in [5, 5.41) is 3.98. The number of nitrogens with zero attached hydrogens (tertiary/aromatic N) is 1. The van der Waals surface area contributed by atoms with Crippen LogP contribution >= 0.6 is 11.6 Å². The second-order valence-electron chi connectivity index (χ2n) is 5.11. The molecule has 2 aromatic rings. The zero-order valence-electron chi connectivity index (χ0n) is 12.3. The largest absolute Gasteiger partial charge is 0.271 e. The van der Waals surface area contributed by atoms with Crippen LogP contribution in [0.3, 0.4) is 0 Å². The van der Waals surface area contributed by atoms with Crippen LogP contribution < -0.4 is 5.43 Å². The van der Waals surface area contributed by atoms with Gasteiger partial charge in [-0.15, -0.1) is 0 Å². The fourth-order valence-corrected chi connectivity index (χ4v) is 2.09.